The molecule has 2 rings (SSSR count). The van der Waals surface area contributed by atoms with Gasteiger partial charge in [0.15, 0.2) is 5.65 Å². The van der Waals surface area contributed by atoms with Crippen LogP contribution in [0.1, 0.15) is 0 Å². The quantitative estimate of drug-likeness (QED) is 0.744. The smallest absolute Gasteiger partial charge is 0.163 e. The van der Waals surface area contributed by atoms with E-state index < -0.39 is 0 Å². The van der Waals surface area contributed by atoms with Crippen LogP contribution in [-0.4, -0.2) is 46.1 Å². The van der Waals surface area contributed by atoms with Gasteiger partial charge < -0.3 is 15.8 Å². The largest absolute Gasteiger partial charge is 0.383 e. The molecule has 0 saturated carbocycles. The summed E-state index contributed by atoms with van der Waals surface area (Å²) in [6.45, 7) is 1.00. The fourth-order valence-electron chi connectivity index (χ4n) is 1.64. The van der Waals surface area contributed by atoms with Crippen LogP contribution in [0, 0.1) is 0 Å². The summed E-state index contributed by atoms with van der Waals surface area (Å²) in [5, 5.41) is 8.26. The van der Waals surface area contributed by atoms with Crippen LogP contribution in [0.15, 0.2) is 12.5 Å². The lowest BCUT2D eigenvalue weighted by atomic mass is 10.3. The van der Waals surface area contributed by atoms with Crippen molar-refractivity contribution in [2.45, 2.75) is 6.04 Å². The molecule has 1 unspecified atom stereocenters. The summed E-state index contributed by atoms with van der Waals surface area (Å²) in [5.74, 6) is 0.732. The number of aryl methyl sites for hydroxylation is 1. The molecule has 7 heteroatoms. The average molecular weight is 236 g/mol. The van der Waals surface area contributed by atoms with Gasteiger partial charge in [-0.05, 0) is 0 Å². The average Bonchev–Trinajstić information content (AvgIpc) is 2.72. The van der Waals surface area contributed by atoms with Gasteiger partial charge in [-0.3, -0.25) is 4.68 Å². The Morgan fingerprint density at radius 1 is 1.53 bits per heavy atom. The maximum atomic E-state index is 5.65. The van der Waals surface area contributed by atoms with Crippen molar-refractivity contribution in [1.29, 1.82) is 0 Å². The van der Waals surface area contributed by atoms with Crippen molar-refractivity contribution in [1.82, 2.24) is 19.7 Å². The second kappa shape index (κ2) is 5.07. The molecule has 1 atom stereocenters. The van der Waals surface area contributed by atoms with Crippen LogP contribution in [0.25, 0.3) is 11.0 Å². The third-order valence-electron chi connectivity index (χ3n) is 2.52. The van der Waals surface area contributed by atoms with Gasteiger partial charge in [0, 0.05) is 20.7 Å². The van der Waals surface area contributed by atoms with Crippen LogP contribution in [0.5, 0.6) is 0 Å². The molecule has 0 aliphatic rings. The summed E-state index contributed by atoms with van der Waals surface area (Å²) in [6.07, 6.45) is 3.24. The second-order valence-corrected chi connectivity index (χ2v) is 3.76. The summed E-state index contributed by atoms with van der Waals surface area (Å²) in [4.78, 5) is 8.37. The lowest BCUT2D eigenvalue weighted by molar-refractivity contribution is 0.187. The number of nitrogens with two attached hydrogens (primary N) is 1. The number of rotatable bonds is 5. The van der Waals surface area contributed by atoms with Gasteiger partial charge in [-0.25, -0.2) is 9.97 Å². The Bertz CT molecular complexity index is 497. The molecular formula is C10H16N6O. The van der Waals surface area contributed by atoms with Gasteiger partial charge in [0.1, 0.15) is 12.1 Å². The summed E-state index contributed by atoms with van der Waals surface area (Å²) in [6, 6.07) is 0.0262. The molecule has 17 heavy (non-hydrogen) atoms. The Balaban J connectivity index is 2.29. The molecule has 3 N–H and O–H groups in total. The van der Waals surface area contributed by atoms with Crippen molar-refractivity contribution >= 4 is 16.9 Å². The minimum atomic E-state index is 0.0262. The number of hydrogen-bond donors (Lipinski definition) is 2. The van der Waals surface area contributed by atoms with E-state index >= 15 is 0 Å². The first-order valence-electron chi connectivity index (χ1n) is 5.34. The molecule has 92 valence electrons. The number of nitrogens with zero attached hydrogens (tertiary/aromatic N) is 4. The number of nitrogens with one attached hydrogen (secondary N) is 1. The van der Waals surface area contributed by atoms with Gasteiger partial charge in [0.2, 0.25) is 0 Å². The van der Waals surface area contributed by atoms with E-state index in [4.69, 9.17) is 10.5 Å². The van der Waals surface area contributed by atoms with Crippen LogP contribution >= 0.6 is 0 Å². The number of ether oxygens (including phenoxy) is 1. The molecule has 0 aliphatic heterocycles. The zero-order valence-corrected chi connectivity index (χ0v) is 9.92. The van der Waals surface area contributed by atoms with Gasteiger partial charge in [-0.2, -0.15) is 5.10 Å². The molecule has 2 heterocycles. The lowest BCUT2D eigenvalue weighted by Crippen LogP contribution is -2.33. The third kappa shape index (κ3) is 2.34. The van der Waals surface area contributed by atoms with Crippen LogP contribution in [-0.2, 0) is 11.8 Å². The Labute approximate surface area is 99.0 Å². The summed E-state index contributed by atoms with van der Waals surface area (Å²) in [7, 11) is 3.48. The minimum absolute atomic E-state index is 0.0262. The molecule has 0 fully saturated rings. The normalized spacial score (nSPS) is 12.9. The molecule has 7 nitrogen and oxygen atoms in total. The number of hydrogen-bond acceptors (Lipinski definition) is 6. The van der Waals surface area contributed by atoms with E-state index in [0.29, 0.717) is 13.2 Å². The summed E-state index contributed by atoms with van der Waals surface area (Å²) >= 11 is 0. The molecule has 0 amide bonds. The van der Waals surface area contributed by atoms with Crippen LogP contribution in [0.3, 0.4) is 0 Å². The molecule has 0 saturated heterocycles. The first kappa shape index (κ1) is 11.7. The Kier molecular flexibility index (Phi) is 3.50. The van der Waals surface area contributed by atoms with E-state index in [0.717, 1.165) is 16.9 Å². The van der Waals surface area contributed by atoms with Gasteiger partial charge in [-0.1, -0.05) is 0 Å². The molecule has 2 aromatic heterocycles. The standard InChI is InChI=1S/C10H16N6O/c1-16-10-8(4-14-16)9(12-6-13-10)15-7(3-11)5-17-2/h4,6-7H,3,5,11H2,1-2H3,(H,12,13,15). The first-order valence-corrected chi connectivity index (χ1v) is 5.34. The van der Waals surface area contributed by atoms with E-state index in [9.17, 15) is 0 Å². The molecular weight excluding hydrogens is 220 g/mol. The fraction of sp³-hybridized carbons (Fsp3) is 0.500. The van der Waals surface area contributed by atoms with Crippen molar-refractivity contribution in [2.24, 2.45) is 12.8 Å². The van der Waals surface area contributed by atoms with Gasteiger partial charge in [0.05, 0.1) is 24.2 Å². The Hall–Kier alpha value is -1.73. The molecule has 0 aliphatic carbocycles. The fourth-order valence-corrected chi connectivity index (χ4v) is 1.64. The van der Waals surface area contributed by atoms with E-state index in [2.05, 4.69) is 20.4 Å². The maximum Gasteiger partial charge on any atom is 0.163 e. The van der Waals surface area contributed by atoms with Crippen molar-refractivity contribution in [3.8, 4) is 0 Å². The van der Waals surface area contributed by atoms with Crippen LogP contribution < -0.4 is 11.1 Å². The Morgan fingerprint density at radius 3 is 3.06 bits per heavy atom. The lowest BCUT2D eigenvalue weighted by Gasteiger charge is -2.16. The van der Waals surface area contributed by atoms with Gasteiger partial charge >= 0.3 is 0 Å². The number of methoxy groups -OCH3 is 1. The zero-order valence-electron chi connectivity index (χ0n) is 9.92. The molecule has 0 aromatic carbocycles. The van der Waals surface area contributed by atoms with E-state index in [1.807, 2.05) is 7.05 Å². The van der Waals surface area contributed by atoms with E-state index in [1.165, 1.54) is 6.33 Å². The van der Waals surface area contributed by atoms with Crippen LogP contribution in [0.2, 0.25) is 0 Å². The minimum Gasteiger partial charge on any atom is -0.383 e. The number of fused-ring (bicyclic) bond motifs is 1. The predicted octanol–water partition coefficient (Wildman–Crippen LogP) is -0.251. The zero-order chi connectivity index (χ0) is 12.3. The van der Waals surface area contributed by atoms with Crippen molar-refractivity contribution in [2.75, 3.05) is 25.6 Å². The highest BCUT2D eigenvalue weighted by Crippen LogP contribution is 2.18. The highest BCUT2D eigenvalue weighted by Gasteiger charge is 2.11. The van der Waals surface area contributed by atoms with Crippen molar-refractivity contribution < 1.29 is 4.74 Å². The first-order chi connectivity index (χ1) is 8.26. The summed E-state index contributed by atoms with van der Waals surface area (Å²) < 4.78 is 6.78. The SMILES string of the molecule is COCC(CN)Nc1ncnc2c1cnn2C. The molecule has 0 spiro atoms. The van der Waals surface area contributed by atoms with Crippen LogP contribution in [0.4, 0.5) is 5.82 Å². The molecule has 0 bridgehead atoms. The highest BCUT2D eigenvalue weighted by atomic mass is 16.5. The summed E-state index contributed by atoms with van der Waals surface area (Å²) in [5.41, 5.74) is 6.44. The van der Waals surface area contributed by atoms with Crippen molar-refractivity contribution in [3.63, 3.8) is 0 Å². The topological polar surface area (TPSA) is 90.9 Å². The number of aromatic nitrogens is 4. The Morgan fingerprint density at radius 2 is 2.35 bits per heavy atom. The predicted molar refractivity (Wildman–Crippen MR) is 64.6 cm³/mol. The van der Waals surface area contributed by atoms with Gasteiger partial charge in [0.25, 0.3) is 0 Å². The second-order valence-electron chi connectivity index (χ2n) is 3.76. The van der Waals surface area contributed by atoms with Gasteiger partial charge in [-0.15, -0.1) is 0 Å². The van der Waals surface area contributed by atoms with Crippen molar-refractivity contribution in [3.05, 3.63) is 12.5 Å². The monoisotopic (exact) mass is 236 g/mol. The third-order valence-corrected chi connectivity index (χ3v) is 2.52. The maximum absolute atomic E-state index is 5.65. The number of anilines is 1. The van der Waals surface area contributed by atoms with E-state index in [-0.39, 0.29) is 6.04 Å². The molecule has 2 aromatic rings. The highest BCUT2D eigenvalue weighted by molar-refractivity contribution is 5.86. The van der Waals surface area contributed by atoms with E-state index in [1.54, 1.807) is 18.0 Å². The molecule has 0 radical (unpaired) electrons.